The second kappa shape index (κ2) is 5.48. The number of nitrogens with zero attached hydrogens (tertiary/aromatic N) is 4. The normalized spacial score (nSPS) is 19.1. The number of nitrogens with two attached hydrogens (primary N) is 1. The van der Waals surface area contributed by atoms with Crippen LogP contribution in [0.2, 0.25) is 0 Å². The van der Waals surface area contributed by atoms with Crippen LogP contribution in [0.3, 0.4) is 0 Å². The molecule has 20 heavy (non-hydrogen) atoms. The fourth-order valence-corrected chi connectivity index (χ4v) is 2.91. The van der Waals surface area contributed by atoms with E-state index in [0.29, 0.717) is 24.5 Å². The van der Waals surface area contributed by atoms with E-state index in [9.17, 15) is 14.9 Å². The maximum atomic E-state index is 11.2. The molecule has 8 nitrogen and oxygen atoms in total. The lowest BCUT2D eigenvalue weighted by Gasteiger charge is -2.33. The number of hydrogen-bond acceptors (Lipinski definition) is 5. The van der Waals surface area contributed by atoms with Crippen molar-refractivity contribution in [2.24, 2.45) is 18.7 Å². The lowest BCUT2D eigenvalue weighted by molar-refractivity contribution is -0.384. The van der Waals surface area contributed by atoms with Gasteiger partial charge in [0.15, 0.2) is 0 Å². The maximum absolute atomic E-state index is 11.2. The summed E-state index contributed by atoms with van der Waals surface area (Å²) < 4.78 is 1.54. The molecule has 2 N–H and O–H groups in total. The van der Waals surface area contributed by atoms with Gasteiger partial charge < -0.3 is 10.6 Å². The molecule has 2 heterocycles. The molecule has 1 amide bonds. The van der Waals surface area contributed by atoms with Crippen LogP contribution in [0, 0.1) is 23.0 Å². The molecule has 0 aliphatic carbocycles. The Morgan fingerprint density at radius 2 is 2.30 bits per heavy atom. The van der Waals surface area contributed by atoms with Crippen LogP contribution in [-0.2, 0) is 11.8 Å². The smallest absolute Gasteiger partial charge is 0.333 e. The molecule has 0 saturated carbocycles. The van der Waals surface area contributed by atoms with Crippen molar-refractivity contribution < 1.29 is 9.72 Å². The number of anilines is 1. The highest BCUT2D eigenvalue weighted by molar-refractivity contribution is 5.74. The number of carbonyl (C=O) groups excluding carboxylic acids is 1. The molecule has 2 rings (SSSR count). The molecule has 0 radical (unpaired) electrons. The van der Waals surface area contributed by atoms with Crippen LogP contribution in [0.4, 0.5) is 11.5 Å². The highest BCUT2D eigenvalue weighted by atomic mass is 16.6. The van der Waals surface area contributed by atoms with Gasteiger partial charge in [0.05, 0.1) is 4.92 Å². The van der Waals surface area contributed by atoms with E-state index >= 15 is 0 Å². The van der Waals surface area contributed by atoms with Crippen molar-refractivity contribution >= 4 is 17.4 Å². The zero-order valence-corrected chi connectivity index (χ0v) is 11.7. The van der Waals surface area contributed by atoms with Crippen molar-refractivity contribution in [1.29, 1.82) is 0 Å². The van der Waals surface area contributed by atoms with Crippen LogP contribution in [0.5, 0.6) is 0 Å². The van der Waals surface area contributed by atoms with Crippen molar-refractivity contribution in [2.45, 2.75) is 26.2 Å². The number of aromatic nitrogens is 2. The molecule has 8 heteroatoms. The van der Waals surface area contributed by atoms with E-state index in [0.717, 1.165) is 19.4 Å². The summed E-state index contributed by atoms with van der Waals surface area (Å²) in [5.74, 6) is 0.338. The predicted octanol–water partition coefficient (Wildman–Crippen LogP) is 0.729. The quantitative estimate of drug-likeness (QED) is 0.646. The molecular weight excluding hydrogens is 262 g/mol. The van der Waals surface area contributed by atoms with Gasteiger partial charge >= 0.3 is 5.69 Å². The Morgan fingerprint density at radius 3 is 2.90 bits per heavy atom. The summed E-state index contributed by atoms with van der Waals surface area (Å²) in [5.41, 5.74) is 5.69. The van der Waals surface area contributed by atoms with Crippen LogP contribution < -0.4 is 10.6 Å². The fraction of sp³-hybridized carbons (Fsp3) is 0.667. The Kier molecular flexibility index (Phi) is 3.91. The third kappa shape index (κ3) is 2.73. The average molecular weight is 281 g/mol. The second-order valence-corrected chi connectivity index (χ2v) is 5.26. The van der Waals surface area contributed by atoms with Gasteiger partial charge in [0, 0.05) is 26.6 Å². The molecule has 0 spiro atoms. The minimum atomic E-state index is -0.393. The molecular formula is C12H19N5O3. The number of amides is 1. The molecule has 1 aliphatic heterocycles. The first-order valence-corrected chi connectivity index (χ1v) is 6.61. The number of piperidine rings is 1. The van der Waals surface area contributed by atoms with Crippen LogP contribution in [-0.4, -0.2) is 33.7 Å². The third-order valence-electron chi connectivity index (χ3n) is 3.65. The number of nitro groups is 1. The Balaban J connectivity index is 2.27. The van der Waals surface area contributed by atoms with Gasteiger partial charge in [-0.1, -0.05) is 0 Å². The van der Waals surface area contributed by atoms with E-state index in [1.165, 1.54) is 0 Å². The predicted molar refractivity (Wildman–Crippen MR) is 73.3 cm³/mol. The molecule has 1 saturated heterocycles. The Bertz CT molecular complexity index is 539. The molecule has 0 bridgehead atoms. The summed E-state index contributed by atoms with van der Waals surface area (Å²) in [5, 5.41) is 15.3. The van der Waals surface area contributed by atoms with Gasteiger partial charge in [0.2, 0.25) is 11.7 Å². The van der Waals surface area contributed by atoms with Crippen LogP contribution in [0.15, 0.2) is 0 Å². The summed E-state index contributed by atoms with van der Waals surface area (Å²) in [6, 6.07) is 0. The van der Waals surface area contributed by atoms with Gasteiger partial charge in [-0.05, 0) is 25.7 Å². The number of hydrogen-bond donors (Lipinski definition) is 1. The summed E-state index contributed by atoms with van der Waals surface area (Å²) >= 11 is 0. The Morgan fingerprint density at radius 1 is 1.60 bits per heavy atom. The molecule has 1 aliphatic rings. The van der Waals surface area contributed by atoms with Crippen molar-refractivity contribution in [2.75, 3.05) is 18.0 Å². The highest BCUT2D eigenvalue weighted by Crippen LogP contribution is 2.34. The van der Waals surface area contributed by atoms with Gasteiger partial charge in [-0.3, -0.25) is 14.9 Å². The first-order chi connectivity index (χ1) is 9.40. The molecule has 1 unspecified atom stereocenters. The lowest BCUT2D eigenvalue weighted by atomic mass is 9.94. The van der Waals surface area contributed by atoms with E-state index in [1.54, 1.807) is 18.7 Å². The van der Waals surface area contributed by atoms with E-state index in [4.69, 9.17) is 5.73 Å². The lowest BCUT2D eigenvalue weighted by Crippen LogP contribution is -2.38. The molecule has 110 valence electrons. The minimum Gasteiger partial charge on any atom is -0.370 e. The maximum Gasteiger partial charge on any atom is 0.333 e. The van der Waals surface area contributed by atoms with Crippen molar-refractivity contribution in [1.82, 2.24) is 9.78 Å². The topological polar surface area (TPSA) is 107 Å². The number of rotatable bonds is 4. The van der Waals surface area contributed by atoms with E-state index in [-0.39, 0.29) is 17.5 Å². The highest BCUT2D eigenvalue weighted by Gasteiger charge is 2.31. The van der Waals surface area contributed by atoms with Crippen molar-refractivity contribution in [3.05, 3.63) is 15.8 Å². The summed E-state index contributed by atoms with van der Waals surface area (Å²) in [6.45, 7) is 2.96. The molecule has 1 fully saturated rings. The molecule has 1 aromatic heterocycles. The standard InChI is InChI=1S/C12H19N5O3/c1-8-11(17(19)20)12(15(2)14-8)16-5-3-4-9(7-16)6-10(13)18/h9H,3-7H2,1-2H3,(H2,13,18). The number of aryl methyl sites for hydroxylation is 2. The first-order valence-electron chi connectivity index (χ1n) is 6.61. The number of primary amides is 1. The summed E-state index contributed by atoms with van der Waals surface area (Å²) in [7, 11) is 1.70. The van der Waals surface area contributed by atoms with Gasteiger partial charge in [-0.2, -0.15) is 5.10 Å². The minimum absolute atomic E-state index is 0.0484. The number of carbonyl (C=O) groups is 1. The second-order valence-electron chi connectivity index (χ2n) is 5.26. The Hall–Kier alpha value is -2.12. The zero-order valence-electron chi connectivity index (χ0n) is 11.7. The van der Waals surface area contributed by atoms with E-state index in [1.807, 2.05) is 4.90 Å². The van der Waals surface area contributed by atoms with Crippen molar-refractivity contribution in [3.8, 4) is 0 Å². The molecule has 1 atom stereocenters. The van der Waals surface area contributed by atoms with Crippen molar-refractivity contribution in [3.63, 3.8) is 0 Å². The largest absolute Gasteiger partial charge is 0.370 e. The molecule has 0 aromatic carbocycles. The average Bonchev–Trinajstić information content (AvgIpc) is 2.63. The van der Waals surface area contributed by atoms with Crippen LogP contribution in [0.1, 0.15) is 25.0 Å². The Labute approximate surface area is 116 Å². The monoisotopic (exact) mass is 281 g/mol. The third-order valence-corrected chi connectivity index (χ3v) is 3.65. The van der Waals surface area contributed by atoms with Gasteiger partial charge in [0.1, 0.15) is 5.69 Å². The van der Waals surface area contributed by atoms with E-state index in [2.05, 4.69) is 5.10 Å². The molecule has 1 aromatic rings. The summed E-state index contributed by atoms with van der Waals surface area (Å²) in [6.07, 6.45) is 2.13. The zero-order chi connectivity index (χ0) is 14.9. The van der Waals surface area contributed by atoms with Gasteiger partial charge in [-0.15, -0.1) is 0 Å². The summed E-state index contributed by atoms with van der Waals surface area (Å²) in [4.78, 5) is 23.8. The van der Waals surface area contributed by atoms with Crippen LogP contribution in [0.25, 0.3) is 0 Å². The SMILES string of the molecule is Cc1nn(C)c(N2CCCC(CC(N)=O)C2)c1[N+](=O)[O-]. The van der Waals surface area contributed by atoms with E-state index < -0.39 is 4.92 Å². The van der Waals surface area contributed by atoms with Gasteiger partial charge in [0.25, 0.3) is 0 Å². The first kappa shape index (κ1) is 14.3. The van der Waals surface area contributed by atoms with Gasteiger partial charge in [-0.25, -0.2) is 4.68 Å². The van der Waals surface area contributed by atoms with Crippen LogP contribution >= 0.6 is 0 Å². The fourth-order valence-electron chi connectivity index (χ4n) is 2.91.